The third kappa shape index (κ3) is 2.58. The predicted molar refractivity (Wildman–Crippen MR) is 92.0 cm³/mol. The molecule has 1 unspecified atom stereocenters. The first-order valence-corrected chi connectivity index (χ1v) is 8.36. The number of amides is 1. The van der Waals surface area contributed by atoms with E-state index in [0.717, 1.165) is 31.4 Å². The summed E-state index contributed by atoms with van der Waals surface area (Å²) >= 11 is 0. The van der Waals surface area contributed by atoms with E-state index in [-0.39, 0.29) is 11.8 Å². The Bertz CT molecular complexity index is 722. The molecule has 4 nitrogen and oxygen atoms in total. The van der Waals surface area contributed by atoms with Crippen LogP contribution in [0.4, 0.5) is 17.2 Å². The minimum atomic E-state index is 0.108. The molecule has 1 aliphatic heterocycles. The third-order valence-electron chi connectivity index (χ3n) is 4.96. The molecule has 1 aliphatic carbocycles. The Kier molecular flexibility index (Phi) is 3.52. The SMILES string of the molecule is CC1Cc2ccccc2N1c1ccc(NC(=O)C2CCC2)nc1. The van der Waals surface area contributed by atoms with Crippen molar-refractivity contribution in [1.82, 2.24) is 4.98 Å². The summed E-state index contributed by atoms with van der Waals surface area (Å²) in [4.78, 5) is 18.7. The van der Waals surface area contributed by atoms with Crippen molar-refractivity contribution in [3.63, 3.8) is 0 Å². The van der Waals surface area contributed by atoms with E-state index in [0.29, 0.717) is 11.9 Å². The van der Waals surface area contributed by atoms with Gasteiger partial charge in [0.2, 0.25) is 5.91 Å². The number of nitrogens with one attached hydrogen (secondary N) is 1. The molecular formula is C19H21N3O. The number of hydrogen-bond donors (Lipinski definition) is 1. The lowest BCUT2D eigenvalue weighted by atomic mass is 9.85. The summed E-state index contributed by atoms with van der Waals surface area (Å²) in [6.07, 6.45) is 6.08. The van der Waals surface area contributed by atoms with E-state index >= 15 is 0 Å². The molecule has 1 aromatic heterocycles. The van der Waals surface area contributed by atoms with Crippen LogP contribution in [0.3, 0.4) is 0 Å². The summed E-state index contributed by atoms with van der Waals surface area (Å²) < 4.78 is 0. The number of anilines is 3. The molecule has 1 aromatic carbocycles. The second-order valence-corrected chi connectivity index (χ2v) is 6.57. The van der Waals surface area contributed by atoms with Gasteiger partial charge in [-0.15, -0.1) is 0 Å². The molecule has 1 saturated carbocycles. The topological polar surface area (TPSA) is 45.2 Å². The number of pyridine rings is 1. The third-order valence-corrected chi connectivity index (χ3v) is 4.96. The van der Waals surface area contributed by atoms with Crippen molar-refractivity contribution in [1.29, 1.82) is 0 Å². The minimum Gasteiger partial charge on any atom is -0.337 e. The van der Waals surface area contributed by atoms with E-state index < -0.39 is 0 Å². The van der Waals surface area contributed by atoms with Crippen LogP contribution in [0.15, 0.2) is 42.6 Å². The largest absolute Gasteiger partial charge is 0.337 e. The molecule has 1 amide bonds. The summed E-state index contributed by atoms with van der Waals surface area (Å²) in [5.41, 5.74) is 3.71. The predicted octanol–water partition coefficient (Wildman–Crippen LogP) is 3.90. The maximum atomic E-state index is 12.0. The van der Waals surface area contributed by atoms with Gasteiger partial charge in [-0.1, -0.05) is 24.6 Å². The van der Waals surface area contributed by atoms with Crippen LogP contribution >= 0.6 is 0 Å². The molecule has 0 saturated heterocycles. The summed E-state index contributed by atoms with van der Waals surface area (Å²) in [5, 5.41) is 2.92. The van der Waals surface area contributed by atoms with Crippen molar-refractivity contribution in [2.45, 2.75) is 38.6 Å². The Hall–Kier alpha value is -2.36. The number of para-hydroxylation sites is 1. The Morgan fingerprint density at radius 2 is 2.04 bits per heavy atom. The van der Waals surface area contributed by atoms with Gasteiger partial charge >= 0.3 is 0 Å². The van der Waals surface area contributed by atoms with Crippen LogP contribution in [0.25, 0.3) is 0 Å². The quantitative estimate of drug-likeness (QED) is 0.935. The number of benzene rings is 1. The molecule has 23 heavy (non-hydrogen) atoms. The van der Waals surface area contributed by atoms with Crippen LogP contribution < -0.4 is 10.2 Å². The monoisotopic (exact) mass is 307 g/mol. The Balaban J connectivity index is 1.53. The van der Waals surface area contributed by atoms with Crippen molar-refractivity contribution in [3.05, 3.63) is 48.2 Å². The van der Waals surface area contributed by atoms with Gasteiger partial charge in [0.25, 0.3) is 0 Å². The van der Waals surface area contributed by atoms with Crippen LogP contribution in [-0.4, -0.2) is 16.9 Å². The Morgan fingerprint density at radius 1 is 1.22 bits per heavy atom. The van der Waals surface area contributed by atoms with Gasteiger partial charge < -0.3 is 10.2 Å². The number of carbonyl (C=O) groups excluding carboxylic acids is 1. The highest BCUT2D eigenvalue weighted by molar-refractivity contribution is 5.92. The maximum absolute atomic E-state index is 12.0. The zero-order valence-electron chi connectivity index (χ0n) is 13.3. The molecule has 4 heteroatoms. The number of fused-ring (bicyclic) bond motifs is 1. The van der Waals surface area contributed by atoms with Gasteiger partial charge in [0, 0.05) is 17.6 Å². The molecule has 1 N–H and O–H groups in total. The van der Waals surface area contributed by atoms with Crippen molar-refractivity contribution < 1.29 is 4.79 Å². The highest BCUT2D eigenvalue weighted by Gasteiger charge is 2.27. The molecule has 1 fully saturated rings. The van der Waals surface area contributed by atoms with Crippen molar-refractivity contribution >= 4 is 23.1 Å². The first-order chi connectivity index (χ1) is 11.2. The lowest BCUT2D eigenvalue weighted by Crippen LogP contribution is -2.28. The normalized spacial score (nSPS) is 20.0. The van der Waals surface area contributed by atoms with E-state index in [4.69, 9.17) is 0 Å². The minimum absolute atomic E-state index is 0.108. The van der Waals surface area contributed by atoms with Crippen molar-refractivity contribution in [2.75, 3.05) is 10.2 Å². The highest BCUT2D eigenvalue weighted by Crippen LogP contribution is 2.38. The molecule has 0 spiro atoms. The van der Waals surface area contributed by atoms with Crippen molar-refractivity contribution in [2.24, 2.45) is 5.92 Å². The average molecular weight is 307 g/mol. The van der Waals surface area contributed by atoms with Crippen LogP contribution in [0.5, 0.6) is 0 Å². The molecule has 4 rings (SSSR count). The molecule has 0 bridgehead atoms. The van der Waals surface area contributed by atoms with Crippen LogP contribution in [0.2, 0.25) is 0 Å². The van der Waals surface area contributed by atoms with Gasteiger partial charge in [-0.05, 0) is 49.9 Å². The summed E-state index contributed by atoms with van der Waals surface area (Å²) in [5.74, 6) is 0.934. The van der Waals surface area contributed by atoms with Gasteiger partial charge in [0.1, 0.15) is 5.82 Å². The van der Waals surface area contributed by atoms with Gasteiger partial charge in [-0.2, -0.15) is 0 Å². The lowest BCUT2D eigenvalue weighted by molar-refractivity contribution is -0.122. The lowest BCUT2D eigenvalue weighted by Gasteiger charge is -2.25. The molecule has 118 valence electrons. The van der Waals surface area contributed by atoms with E-state index in [2.05, 4.69) is 46.4 Å². The highest BCUT2D eigenvalue weighted by atomic mass is 16.2. The molecule has 0 radical (unpaired) electrons. The molecule has 1 atom stereocenters. The number of carbonyl (C=O) groups is 1. The van der Waals surface area contributed by atoms with E-state index in [1.807, 2.05) is 18.3 Å². The average Bonchev–Trinajstić information content (AvgIpc) is 2.82. The maximum Gasteiger partial charge on any atom is 0.228 e. The van der Waals surface area contributed by atoms with E-state index in [9.17, 15) is 4.79 Å². The number of rotatable bonds is 3. The zero-order chi connectivity index (χ0) is 15.8. The molecule has 2 heterocycles. The fraction of sp³-hybridized carbons (Fsp3) is 0.368. The fourth-order valence-electron chi connectivity index (χ4n) is 3.46. The number of hydrogen-bond acceptors (Lipinski definition) is 3. The first-order valence-electron chi connectivity index (χ1n) is 8.36. The molecular weight excluding hydrogens is 286 g/mol. The zero-order valence-corrected chi connectivity index (χ0v) is 13.3. The first kappa shape index (κ1) is 14.2. The standard InChI is InChI=1S/C19H21N3O/c1-13-11-15-5-2-3-8-17(15)22(13)16-9-10-18(20-12-16)21-19(23)14-6-4-7-14/h2-3,5,8-10,12-14H,4,6-7,11H2,1H3,(H,20,21,23). The summed E-state index contributed by atoms with van der Waals surface area (Å²) in [6.45, 7) is 2.23. The van der Waals surface area contributed by atoms with Crippen LogP contribution in [0.1, 0.15) is 31.7 Å². The van der Waals surface area contributed by atoms with E-state index in [1.165, 1.54) is 11.3 Å². The van der Waals surface area contributed by atoms with Gasteiger partial charge in [-0.25, -0.2) is 4.98 Å². The van der Waals surface area contributed by atoms with Gasteiger partial charge in [0.05, 0.1) is 11.9 Å². The smallest absolute Gasteiger partial charge is 0.228 e. The Morgan fingerprint density at radius 3 is 2.74 bits per heavy atom. The van der Waals surface area contributed by atoms with Gasteiger partial charge in [0.15, 0.2) is 0 Å². The van der Waals surface area contributed by atoms with Crippen LogP contribution in [0, 0.1) is 5.92 Å². The second kappa shape index (κ2) is 5.69. The summed E-state index contributed by atoms with van der Waals surface area (Å²) in [6, 6.07) is 12.9. The van der Waals surface area contributed by atoms with E-state index in [1.54, 1.807) is 0 Å². The molecule has 2 aromatic rings. The van der Waals surface area contributed by atoms with Crippen molar-refractivity contribution in [3.8, 4) is 0 Å². The number of nitrogens with zero attached hydrogens (tertiary/aromatic N) is 2. The van der Waals surface area contributed by atoms with Crippen LogP contribution in [-0.2, 0) is 11.2 Å². The Labute approximate surface area is 136 Å². The second-order valence-electron chi connectivity index (χ2n) is 6.57. The number of aromatic nitrogens is 1. The summed E-state index contributed by atoms with van der Waals surface area (Å²) in [7, 11) is 0. The molecule has 2 aliphatic rings. The fourth-order valence-corrected chi connectivity index (χ4v) is 3.46. The van der Waals surface area contributed by atoms with Gasteiger partial charge in [-0.3, -0.25) is 4.79 Å².